The zero-order valence-electron chi connectivity index (χ0n) is 15.5. The van der Waals surface area contributed by atoms with Gasteiger partial charge in [0.2, 0.25) is 0 Å². The Morgan fingerprint density at radius 2 is 1.83 bits per heavy atom. The molecule has 0 amide bonds. The second-order valence-electron chi connectivity index (χ2n) is 9.56. The average Bonchev–Trinajstić information content (AvgIpc) is 3.00. The highest BCUT2D eigenvalue weighted by molar-refractivity contribution is 5.84. The van der Waals surface area contributed by atoms with E-state index in [9.17, 15) is 4.79 Å². The van der Waals surface area contributed by atoms with Crippen molar-refractivity contribution < 1.29 is 4.79 Å². The molecule has 1 heteroatoms. The summed E-state index contributed by atoms with van der Waals surface area (Å²) in [5.41, 5.74) is 5.55. The number of rotatable bonds is 1. The molecule has 3 saturated carbocycles. The summed E-state index contributed by atoms with van der Waals surface area (Å²) >= 11 is 0. The van der Waals surface area contributed by atoms with Crippen LogP contribution in [0.15, 0.2) is 18.2 Å². The van der Waals surface area contributed by atoms with E-state index in [1.807, 2.05) is 6.92 Å². The Balaban J connectivity index is 1.64. The zero-order chi connectivity index (χ0) is 16.7. The number of carbonyl (C=O) groups is 1. The first-order valence-corrected chi connectivity index (χ1v) is 10.0. The number of hydrogen-bond donors (Lipinski definition) is 0. The summed E-state index contributed by atoms with van der Waals surface area (Å²) < 4.78 is 0. The number of carbonyl (C=O) groups excluding carboxylic acids is 1. The van der Waals surface area contributed by atoms with Gasteiger partial charge in [-0.25, -0.2) is 0 Å². The van der Waals surface area contributed by atoms with Gasteiger partial charge in [0, 0.05) is 5.41 Å². The van der Waals surface area contributed by atoms with E-state index >= 15 is 0 Å². The molecule has 0 saturated heterocycles. The van der Waals surface area contributed by atoms with E-state index in [0.717, 1.165) is 11.8 Å². The molecule has 0 radical (unpaired) electrons. The molecule has 0 aliphatic heterocycles. The van der Waals surface area contributed by atoms with Gasteiger partial charge in [-0.3, -0.25) is 4.79 Å². The lowest BCUT2D eigenvalue weighted by Crippen LogP contribution is -2.51. The fourth-order valence-electron chi connectivity index (χ4n) is 8.37. The highest BCUT2D eigenvalue weighted by Crippen LogP contribution is 2.80. The molecule has 3 fully saturated rings. The van der Waals surface area contributed by atoms with E-state index in [2.05, 4.69) is 32.0 Å². The van der Waals surface area contributed by atoms with Gasteiger partial charge >= 0.3 is 0 Å². The molecule has 1 aromatic rings. The molecule has 2 bridgehead atoms. The first-order chi connectivity index (χ1) is 11.5. The van der Waals surface area contributed by atoms with Gasteiger partial charge in [-0.2, -0.15) is 0 Å². The molecule has 128 valence electrons. The molecule has 0 unspecified atom stereocenters. The summed E-state index contributed by atoms with van der Waals surface area (Å²) in [7, 11) is 0. The van der Waals surface area contributed by atoms with Crippen LogP contribution < -0.4 is 0 Å². The van der Waals surface area contributed by atoms with E-state index in [-0.39, 0.29) is 10.8 Å². The van der Waals surface area contributed by atoms with Crippen LogP contribution in [-0.4, -0.2) is 5.78 Å². The Kier molecular flexibility index (Phi) is 2.87. The number of hydrogen-bond acceptors (Lipinski definition) is 1. The lowest BCUT2D eigenvalue weighted by molar-refractivity contribution is -0.135. The fraction of sp³-hybridized carbons (Fsp3) is 0.696. The van der Waals surface area contributed by atoms with Gasteiger partial charge in [0.15, 0.2) is 0 Å². The molecule has 5 rings (SSSR count). The molecule has 0 heterocycles. The topological polar surface area (TPSA) is 17.1 Å². The van der Waals surface area contributed by atoms with Crippen LogP contribution in [0, 0.1) is 29.1 Å². The van der Waals surface area contributed by atoms with Crippen molar-refractivity contribution in [2.45, 2.75) is 78.1 Å². The van der Waals surface area contributed by atoms with Crippen LogP contribution in [0.2, 0.25) is 0 Å². The second-order valence-corrected chi connectivity index (χ2v) is 9.56. The quantitative estimate of drug-likeness (QED) is 0.658. The summed E-state index contributed by atoms with van der Waals surface area (Å²) in [6, 6.07) is 6.93. The Labute approximate surface area is 146 Å². The average molecular weight is 322 g/mol. The zero-order valence-corrected chi connectivity index (χ0v) is 15.5. The molecule has 4 aliphatic carbocycles. The van der Waals surface area contributed by atoms with Crippen molar-refractivity contribution in [1.29, 1.82) is 0 Å². The maximum atomic E-state index is 12.7. The fourth-order valence-corrected chi connectivity index (χ4v) is 8.37. The van der Waals surface area contributed by atoms with Gasteiger partial charge in [-0.05, 0) is 105 Å². The third-order valence-corrected chi connectivity index (χ3v) is 9.49. The van der Waals surface area contributed by atoms with Crippen molar-refractivity contribution in [3.63, 3.8) is 0 Å². The summed E-state index contributed by atoms with van der Waals surface area (Å²) in [5.74, 6) is 2.06. The van der Waals surface area contributed by atoms with Gasteiger partial charge in [0.25, 0.3) is 0 Å². The molecule has 1 aromatic carbocycles. The maximum Gasteiger partial charge on any atom is 0.136 e. The molecule has 3 atom stereocenters. The van der Waals surface area contributed by atoms with Crippen LogP contribution in [0.4, 0.5) is 0 Å². The minimum atomic E-state index is 0.0178. The minimum Gasteiger partial charge on any atom is -0.299 e. The van der Waals surface area contributed by atoms with Crippen LogP contribution in [0.3, 0.4) is 0 Å². The van der Waals surface area contributed by atoms with Crippen molar-refractivity contribution in [2.24, 2.45) is 22.2 Å². The third-order valence-electron chi connectivity index (χ3n) is 9.49. The molecular weight excluding hydrogens is 292 g/mol. The maximum absolute atomic E-state index is 12.7. The molecule has 4 aliphatic rings. The van der Waals surface area contributed by atoms with Crippen molar-refractivity contribution in [3.8, 4) is 0 Å². The van der Waals surface area contributed by atoms with Crippen LogP contribution >= 0.6 is 0 Å². The molecule has 1 nitrogen and oxygen atoms in total. The summed E-state index contributed by atoms with van der Waals surface area (Å²) in [6.45, 7) is 6.72. The normalized spacial score (nSPS) is 45.5. The van der Waals surface area contributed by atoms with Crippen LogP contribution in [0.1, 0.15) is 81.4 Å². The summed E-state index contributed by atoms with van der Waals surface area (Å²) in [6.07, 6.45) is 10.1. The van der Waals surface area contributed by atoms with Gasteiger partial charge in [-0.15, -0.1) is 0 Å². The van der Waals surface area contributed by atoms with Crippen LogP contribution in [0.5, 0.6) is 0 Å². The molecule has 24 heavy (non-hydrogen) atoms. The van der Waals surface area contributed by atoms with Crippen molar-refractivity contribution >= 4 is 5.78 Å². The van der Waals surface area contributed by atoms with E-state index < -0.39 is 0 Å². The van der Waals surface area contributed by atoms with Gasteiger partial charge < -0.3 is 0 Å². The molecular formula is C23H30O. The summed E-state index contributed by atoms with van der Waals surface area (Å²) in [5, 5.41) is 0. The van der Waals surface area contributed by atoms with Gasteiger partial charge in [-0.1, -0.05) is 25.1 Å². The van der Waals surface area contributed by atoms with E-state index in [1.165, 1.54) is 56.9 Å². The predicted molar refractivity (Wildman–Crippen MR) is 97.1 cm³/mol. The number of benzene rings is 1. The number of aryl methyl sites for hydroxylation is 2. The van der Waals surface area contributed by atoms with Crippen LogP contribution in [-0.2, 0) is 11.2 Å². The SMILES string of the molecule is CC(=O)C12CCC3(CC1)[C@@H]1CCc4cccc(C)c4[C@H]1CC[C@]23C. The Hall–Kier alpha value is -1.11. The number of fused-ring (bicyclic) bond motifs is 3. The monoisotopic (exact) mass is 322 g/mol. The largest absolute Gasteiger partial charge is 0.299 e. The van der Waals surface area contributed by atoms with Crippen molar-refractivity contribution in [1.82, 2.24) is 0 Å². The number of Topliss-reactive ketones (excluding diaryl/α,β-unsaturated/α-hetero) is 1. The number of ketones is 1. The van der Waals surface area contributed by atoms with Crippen molar-refractivity contribution in [2.75, 3.05) is 0 Å². The van der Waals surface area contributed by atoms with Gasteiger partial charge in [0.05, 0.1) is 0 Å². The summed E-state index contributed by atoms with van der Waals surface area (Å²) in [4.78, 5) is 12.7. The van der Waals surface area contributed by atoms with E-state index in [1.54, 1.807) is 11.1 Å². The molecule has 0 spiro atoms. The first-order valence-electron chi connectivity index (χ1n) is 10.0. The van der Waals surface area contributed by atoms with Gasteiger partial charge in [0.1, 0.15) is 5.78 Å². The standard InChI is InChI=1S/C23H30O/c1-15-5-4-6-17-7-8-19-18(20(15)17)9-10-21(3)22(16(2)24)11-13-23(19,21)14-12-22/h4-6,18-19H,7-14H2,1-3H3/t18-,19+,21+,22?,23?/m0/s1. The third kappa shape index (κ3) is 1.43. The second kappa shape index (κ2) is 4.54. The minimum absolute atomic E-state index is 0.0178. The molecule has 0 aromatic heterocycles. The Morgan fingerprint density at radius 1 is 1.08 bits per heavy atom. The van der Waals surface area contributed by atoms with Crippen molar-refractivity contribution in [3.05, 3.63) is 34.9 Å². The highest BCUT2D eigenvalue weighted by Gasteiger charge is 2.74. The van der Waals surface area contributed by atoms with E-state index in [4.69, 9.17) is 0 Å². The van der Waals surface area contributed by atoms with Crippen LogP contribution in [0.25, 0.3) is 0 Å². The Bertz CT molecular complexity index is 722. The lowest BCUT2D eigenvalue weighted by Gasteiger charge is -2.57. The first kappa shape index (κ1) is 15.2. The molecule has 0 N–H and O–H groups in total. The van der Waals surface area contributed by atoms with E-state index in [0.29, 0.717) is 11.2 Å². The lowest BCUT2D eigenvalue weighted by atomic mass is 9.46. The highest BCUT2D eigenvalue weighted by atomic mass is 16.1. The Morgan fingerprint density at radius 3 is 2.54 bits per heavy atom. The smallest absolute Gasteiger partial charge is 0.136 e. The predicted octanol–water partition coefficient (Wildman–Crippen LogP) is 5.59.